The van der Waals surface area contributed by atoms with Gasteiger partial charge in [0.1, 0.15) is 18.6 Å². The van der Waals surface area contributed by atoms with Gasteiger partial charge in [0, 0.05) is 0 Å². The van der Waals surface area contributed by atoms with E-state index in [1.165, 1.54) is 0 Å². The third kappa shape index (κ3) is 2.77. The minimum absolute atomic E-state index is 0.261. The smallest absolute Gasteiger partial charge is 0.199 e. The largest absolute Gasteiger partial charge is 0.478 e. The molecule has 2 rings (SSSR count). The molecule has 0 bridgehead atoms. The lowest BCUT2D eigenvalue weighted by molar-refractivity contribution is 0.249. The van der Waals surface area contributed by atoms with Gasteiger partial charge in [0.05, 0.1) is 12.1 Å². The van der Waals surface area contributed by atoms with E-state index in [0.29, 0.717) is 25.0 Å². The van der Waals surface area contributed by atoms with Crippen LogP contribution in [0.1, 0.15) is 41.5 Å². The van der Waals surface area contributed by atoms with E-state index in [-0.39, 0.29) is 17.5 Å². The molecule has 2 heterocycles. The van der Waals surface area contributed by atoms with Crippen molar-refractivity contribution in [1.29, 1.82) is 0 Å². The lowest BCUT2D eigenvalue weighted by atomic mass is 9.92. The molecular formula is C15H26N2O2. The summed E-state index contributed by atoms with van der Waals surface area (Å²) in [5.41, 5.74) is -0.354. The summed E-state index contributed by atoms with van der Waals surface area (Å²) in [6.45, 7) is 14.2. The zero-order chi connectivity index (χ0) is 14.2. The molecule has 0 saturated heterocycles. The Morgan fingerprint density at radius 2 is 1.26 bits per heavy atom. The summed E-state index contributed by atoms with van der Waals surface area (Å²) < 4.78 is 11.6. The van der Waals surface area contributed by atoms with Gasteiger partial charge < -0.3 is 9.47 Å². The van der Waals surface area contributed by atoms with Gasteiger partial charge in [0.2, 0.25) is 0 Å². The molecule has 0 unspecified atom stereocenters. The summed E-state index contributed by atoms with van der Waals surface area (Å²) in [4.78, 5) is 9.41. The van der Waals surface area contributed by atoms with Gasteiger partial charge in [-0.3, -0.25) is 0 Å². The van der Waals surface area contributed by atoms with E-state index in [1.54, 1.807) is 0 Å². The Hall–Kier alpha value is -1.06. The zero-order valence-electron chi connectivity index (χ0n) is 12.9. The van der Waals surface area contributed by atoms with Crippen molar-refractivity contribution < 1.29 is 9.47 Å². The van der Waals surface area contributed by atoms with Crippen molar-refractivity contribution in [1.82, 2.24) is 0 Å². The molecule has 0 aromatic carbocycles. The molecule has 108 valence electrons. The van der Waals surface area contributed by atoms with Crippen LogP contribution in [0.2, 0.25) is 0 Å². The molecule has 2 atom stereocenters. The molecule has 0 spiro atoms. The molecule has 4 nitrogen and oxygen atoms in total. The number of rotatable bonds is 4. The number of ether oxygens (including phenoxy) is 2. The number of aliphatic imine (C=N–C) groups is 2. The van der Waals surface area contributed by atoms with Crippen molar-refractivity contribution in [2.75, 3.05) is 13.2 Å². The molecule has 19 heavy (non-hydrogen) atoms. The molecule has 4 heteroatoms. The van der Waals surface area contributed by atoms with Gasteiger partial charge in [-0.1, -0.05) is 27.7 Å². The number of hydrogen-bond donors (Lipinski definition) is 0. The minimum atomic E-state index is -0.354. The van der Waals surface area contributed by atoms with E-state index in [0.717, 1.165) is 11.8 Å². The average molecular weight is 266 g/mol. The van der Waals surface area contributed by atoms with Crippen molar-refractivity contribution in [3.05, 3.63) is 0 Å². The third-order valence-electron chi connectivity index (χ3n) is 3.96. The first-order chi connectivity index (χ1) is 8.82. The number of hydrogen-bond acceptors (Lipinski definition) is 4. The SMILES string of the molecule is CC(C)[C@H]1COC(C(C)(C)C2=N[C@@H](C(C)C)CO2)=N1. The predicted molar refractivity (Wildman–Crippen MR) is 77.8 cm³/mol. The summed E-state index contributed by atoms with van der Waals surface area (Å²) in [5, 5.41) is 0. The monoisotopic (exact) mass is 266 g/mol. The third-order valence-corrected chi connectivity index (χ3v) is 3.96. The van der Waals surface area contributed by atoms with Crippen molar-refractivity contribution in [3.63, 3.8) is 0 Å². The average Bonchev–Trinajstić information content (AvgIpc) is 2.99. The highest BCUT2D eigenvalue weighted by Gasteiger charge is 2.41. The van der Waals surface area contributed by atoms with Gasteiger partial charge >= 0.3 is 0 Å². The topological polar surface area (TPSA) is 43.2 Å². The quantitative estimate of drug-likeness (QED) is 0.785. The van der Waals surface area contributed by atoms with E-state index in [9.17, 15) is 0 Å². The summed E-state index contributed by atoms with van der Waals surface area (Å²) in [5.74, 6) is 2.55. The Labute approximate surface area is 116 Å². The Morgan fingerprint density at radius 1 is 0.895 bits per heavy atom. The summed E-state index contributed by atoms with van der Waals surface area (Å²) in [7, 11) is 0. The Bertz CT molecular complexity index is 361. The van der Waals surface area contributed by atoms with Crippen LogP contribution in [0.3, 0.4) is 0 Å². The van der Waals surface area contributed by atoms with Crippen LogP contribution < -0.4 is 0 Å². The fourth-order valence-electron chi connectivity index (χ4n) is 2.24. The van der Waals surface area contributed by atoms with Crippen LogP contribution in [-0.4, -0.2) is 37.1 Å². The second-order valence-electron chi connectivity index (χ2n) is 6.74. The highest BCUT2D eigenvalue weighted by molar-refractivity contribution is 6.05. The maximum Gasteiger partial charge on any atom is 0.199 e. The highest BCUT2D eigenvalue weighted by Crippen LogP contribution is 2.31. The van der Waals surface area contributed by atoms with Crippen LogP contribution in [0, 0.1) is 17.3 Å². The molecule has 0 radical (unpaired) electrons. The minimum Gasteiger partial charge on any atom is -0.478 e. The van der Waals surface area contributed by atoms with E-state index >= 15 is 0 Å². The molecule has 0 amide bonds. The molecule has 2 aliphatic heterocycles. The van der Waals surface area contributed by atoms with Crippen molar-refractivity contribution >= 4 is 11.8 Å². The molecule has 2 aliphatic rings. The van der Waals surface area contributed by atoms with Gasteiger partial charge in [-0.05, 0) is 25.7 Å². The van der Waals surface area contributed by atoms with Crippen LogP contribution in [0.5, 0.6) is 0 Å². The van der Waals surface area contributed by atoms with Crippen LogP contribution in [-0.2, 0) is 9.47 Å². The van der Waals surface area contributed by atoms with E-state index in [2.05, 4.69) is 41.5 Å². The first kappa shape index (κ1) is 14.4. The maximum atomic E-state index is 5.79. The summed E-state index contributed by atoms with van der Waals surface area (Å²) in [6.07, 6.45) is 0. The van der Waals surface area contributed by atoms with Gasteiger partial charge in [-0.25, -0.2) is 9.98 Å². The lowest BCUT2D eigenvalue weighted by Gasteiger charge is -2.22. The van der Waals surface area contributed by atoms with E-state index < -0.39 is 0 Å². The Kier molecular flexibility index (Phi) is 3.88. The molecule has 0 aliphatic carbocycles. The maximum absolute atomic E-state index is 5.79. The zero-order valence-corrected chi connectivity index (χ0v) is 12.9. The first-order valence-electron chi connectivity index (χ1n) is 7.24. The van der Waals surface area contributed by atoms with Crippen molar-refractivity contribution in [2.45, 2.75) is 53.6 Å². The molecule has 0 aromatic heterocycles. The molecule has 0 saturated carbocycles. The van der Waals surface area contributed by atoms with Crippen LogP contribution in [0.25, 0.3) is 0 Å². The van der Waals surface area contributed by atoms with Crippen LogP contribution >= 0.6 is 0 Å². The van der Waals surface area contributed by atoms with Crippen LogP contribution in [0.15, 0.2) is 9.98 Å². The Balaban J connectivity index is 2.15. The standard InChI is InChI=1S/C15H26N2O2/c1-9(2)11-7-18-13(16-11)15(5,6)14-17-12(8-19-14)10(3)4/h9-12H,7-8H2,1-6H3/t11-,12-/m1/s1. The molecule has 0 N–H and O–H groups in total. The normalized spacial score (nSPS) is 27.4. The fourth-order valence-corrected chi connectivity index (χ4v) is 2.24. The highest BCUT2D eigenvalue weighted by atomic mass is 16.5. The van der Waals surface area contributed by atoms with Gasteiger partial charge in [0.15, 0.2) is 11.8 Å². The predicted octanol–water partition coefficient (Wildman–Crippen LogP) is 2.92. The second kappa shape index (κ2) is 5.14. The van der Waals surface area contributed by atoms with Crippen molar-refractivity contribution in [2.24, 2.45) is 27.2 Å². The van der Waals surface area contributed by atoms with E-state index in [4.69, 9.17) is 19.5 Å². The fraction of sp³-hybridized carbons (Fsp3) is 0.867. The molecule has 0 aromatic rings. The first-order valence-corrected chi connectivity index (χ1v) is 7.24. The van der Waals surface area contributed by atoms with E-state index in [1.807, 2.05) is 0 Å². The summed E-state index contributed by atoms with van der Waals surface area (Å²) in [6, 6.07) is 0.523. The van der Waals surface area contributed by atoms with Gasteiger partial charge in [0.25, 0.3) is 0 Å². The van der Waals surface area contributed by atoms with Gasteiger partial charge in [-0.15, -0.1) is 0 Å². The lowest BCUT2D eigenvalue weighted by Crippen LogP contribution is -2.34. The van der Waals surface area contributed by atoms with Crippen molar-refractivity contribution in [3.8, 4) is 0 Å². The molecular weight excluding hydrogens is 240 g/mol. The number of nitrogens with zero attached hydrogens (tertiary/aromatic N) is 2. The van der Waals surface area contributed by atoms with Crippen LogP contribution in [0.4, 0.5) is 0 Å². The summed E-state index contributed by atoms with van der Waals surface area (Å²) >= 11 is 0. The Morgan fingerprint density at radius 3 is 1.53 bits per heavy atom. The van der Waals surface area contributed by atoms with Gasteiger partial charge in [-0.2, -0.15) is 0 Å². The second-order valence-corrected chi connectivity index (χ2v) is 6.74. The molecule has 0 fully saturated rings.